The van der Waals surface area contributed by atoms with Gasteiger partial charge >= 0.3 is 0 Å². The molecule has 1 saturated carbocycles. The monoisotopic (exact) mass is 410 g/mol. The van der Waals surface area contributed by atoms with Gasteiger partial charge in [0.1, 0.15) is 6.04 Å². The Bertz CT molecular complexity index is 932. The summed E-state index contributed by atoms with van der Waals surface area (Å²) in [5, 5.41) is 9.38. The Hall–Kier alpha value is -2.58. The molecular weight excluding hydrogens is 384 g/mol. The largest absolute Gasteiger partial charge is 0.316 e. The fourth-order valence-electron chi connectivity index (χ4n) is 5.70. The van der Waals surface area contributed by atoms with Crippen LogP contribution in [-0.2, 0) is 16.1 Å². The highest BCUT2D eigenvalue weighted by Gasteiger charge is 2.47. The number of carbonyl (C=O) groups excluding carboxylic acids is 4. The second-order valence-electron chi connectivity index (χ2n) is 8.90. The van der Waals surface area contributed by atoms with Crippen LogP contribution in [0.15, 0.2) is 18.2 Å². The van der Waals surface area contributed by atoms with E-state index in [1.165, 1.54) is 12.8 Å². The van der Waals surface area contributed by atoms with Crippen LogP contribution in [0.3, 0.4) is 0 Å². The van der Waals surface area contributed by atoms with Gasteiger partial charge in [0.25, 0.3) is 11.8 Å². The predicted molar refractivity (Wildman–Crippen MR) is 108 cm³/mol. The molecule has 4 amide bonds. The van der Waals surface area contributed by atoms with E-state index < -0.39 is 23.8 Å². The number of imide groups is 2. The van der Waals surface area contributed by atoms with Crippen LogP contribution in [0.1, 0.15) is 64.8 Å². The van der Waals surface area contributed by atoms with Gasteiger partial charge in [0.2, 0.25) is 11.8 Å². The first-order valence-corrected chi connectivity index (χ1v) is 10.8. The van der Waals surface area contributed by atoms with Crippen molar-refractivity contribution in [3.05, 3.63) is 34.9 Å². The fraction of sp³-hybridized carbons (Fsp3) is 0.545. The molecule has 3 unspecified atom stereocenters. The van der Waals surface area contributed by atoms with Crippen LogP contribution in [0.5, 0.6) is 0 Å². The highest BCUT2D eigenvalue weighted by atomic mass is 16.2. The first-order valence-electron chi connectivity index (χ1n) is 10.8. The van der Waals surface area contributed by atoms with Crippen molar-refractivity contribution in [3.63, 3.8) is 0 Å². The maximum absolute atomic E-state index is 13.2. The van der Waals surface area contributed by atoms with Crippen LogP contribution in [-0.4, -0.2) is 53.7 Å². The molecule has 1 aliphatic carbocycles. The van der Waals surface area contributed by atoms with Crippen molar-refractivity contribution < 1.29 is 19.2 Å². The van der Waals surface area contributed by atoms with Crippen LogP contribution in [0, 0.1) is 5.41 Å². The van der Waals surface area contributed by atoms with Crippen molar-refractivity contribution in [1.82, 2.24) is 20.9 Å². The van der Waals surface area contributed by atoms with Gasteiger partial charge in [0.05, 0.1) is 11.1 Å². The number of hydrogen-bond donors (Lipinski definition) is 3. The van der Waals surface area contributed by atoms with Crippen LogP contribution < -0.4 is 16.0 Å². The number of fused-ring (bicyclic) bond motifs is 1. The minimum Gasteiger partial charge on any atom is -0.316 e. The Morgan fingerprint density at radius 1 is 1.10 bits per heavy atom. The summed E-state index contributed by atoms with van der Waals surface area (Å²) in [6.07, 6.45) is 4.99. The zero-order chi connectivity index (χ0) is 20.9. The molecule has 8 heteroatoms. The van der Waals surface area contributed by atoms with E-state index in [1.807, 2.05) is 6.07 Å². The van der Waals surface area contributed by atoms with Crippen molar-refractivity contribution in [2.24, 2.45) is 5.41 Å². The molecule has 0 aromatic heterocycles. The first kappa shape index (κ1) is 19.4. The summed E-state index contributed by atoms with van der Waals surface area (Å²) in [6, 6.07) is 4.76. The minimum atomic E-state index is -0.932. The predicted octanol–water partition coefficient (Wildman–Crippen LogP) is 0.710. The summed E-state index contributed by atoms with van der Waals surface area (Å²) in [4.78, 5) is 50.9. The SMILES string of the molecule is O=C1CCC(N2C(=O)c3cccc(CNC4CCCC45CCNC5)c3C2=O)C(=O)N1. The van der Waals surface area contributed by atoms with E-state index in [4.69, 9.17) is 0 Å². The highest BCUT2D eigenvalue weighted by Crippen LogP contribution is 2.43. The molecule has 0 bridgehead atoms. The van der Waals surface area contributed by atoms with Crippen molar-refractivity contribution in [3.8, 4) is 0 Å². The number of nitrogens with one attached hydrogen (secondary N) is 3. The van der Waals surface area contributed by atoms with Crippen LogP contribution >= 0.6 is 0 Å². The number of rotatable bonds is 4. The fourth-order valence-corrected chi connectivity index (χ4v) is 5.70. The maximum atomic E-state index is 13.2. The van der Waals surface area contributed by atoms with E-state index in [0.29, 0.717) is 23.7 Å². The van der Waals surface area contributed by atoms with E-state index >= 15 is 0 Å². The second-order valence-corrected chi connectivity index (χ2v) is 8.90. The molecule has 3 fully saturated rings. The lowest BCUT2D eigenvalue weighted by atomic mass is 9.81. The van der Waals surface area contributed by atoms with Gasteiger partial charge in [-0.2, -0.15) is 0 Å². The summed E-state index contributed by atoms with van der Waals surface area (Å²) in [6.45, 7) is 2.59. The zero-order valence-corrected chi connectivity index (χ0v) is 16.8. The van der Waals surface area contributed by atoms with Gasteiger partial charge in [-0.1, -0.05) is 18.6 Å². The van der Waals surface area contributed by atoms with Crippen molar-refractivity contribution in [2.45, 2.75) is 57.2 Å². The standard InChI is InChI=1S/C22H26N4O4/c27-17-7-6-15(19(28)25-17)26-20(29)14-4-1-3-13(18(14)21(26)30)11-24-16-5-2-8-22(16)9-10-23-12-22/h1,3-4,15-16,23-24H,2,5-12H2,(H,25,27,28). The molecular formula is C22H26N4O4. The average Bonchev–Trinajstić information content (AvgIpc) is 3.42. The Labute approximate surface area is 174 Å². The van der Waals surface area contributed by atoms with E-state index in [-0.39, 0.29) is 24.2 Å². The van der Waals surface area contributed by atoms with Crippen LogP contribution in [0.4, 0.5) is 0 Å². The van der Waals surface area contributed by atoms with Crippen molar-refractivity contribution in [1.29, 1.82) is 0 Å². The van der Waals surface area contributed by atoms with Crippen LogP contribution in [0.25, 0.3) is 0 Å². The third kappa shape index (κ3) is 2.97. The summed E-state index contributed by atoms with van der Waals surface area (Å²) in [5.41, 5.74) is 1.80. The Kier molecular flexibility index (Phi) is 4.71. The second kappa shape index (κ2) is 7.28. The first-order chi connectivity index (χ1) is 14.5. The molecule has 1 spiro atoms. The van der Waals surface area contributed by atoms with Gasteiger partial charge < -0.3 is 10.6 Å². The van der Waals surface area contributed by atoms with Crippen LogP contribution in [0.2, 0.25) is 0 Å². The molecule has 158 valence electrons. The maximum Gasteiger partial charge on any atom is 0.262 e. The normalized spacial score (nSPS) is 31.0. The highest BCUT2D eigenvalue weighted by molar-refractivity contribution is 6.24. The number of hydrogen-bond acceptors (Lipinski definition) is 6. The number of piperidine rings is 1. The van der Waals surface area contributed by atoms with Gasteiger partial charge in [0.15, 0.2) is 0 Å². The molecule has 0 radical (unpaired) electrons. The summed E-state index contributed by atoms with van der Waals surface area (Å²) < 4.78 is 0. The molecule has 3 atom stereocenters. The van der Waals surface area contributed by atoms with Gasteiger partial charge in [-0.15, -0.1) is 0 Å². The Balaban J connectivity index is 1.37. The number of amides is 4. The lowest BCUT2D eigenvalue weighted by Gasteiger charge is -2.31. The topological polar surface area (TPSA) is 108 Å². The molecule has 3 heterocycles. The number of nitrogens with zero attached hydrogens (tertiary/aromatic N) is 1. The molecule has 30 heavy (non-hydrogen) atoms. The van der Waals surface area contributed by atoms with E-state index in [9.17, 15) is 19.2 Å². The summed E-state index contributed by atoms with van der Waals surface area (Å²) in [7, 11) is 0. The van der Waals surface area contributed by atoms with Crippen molar-refractivity contribution in [2.75, 3.05) is 13.1 Å². The Morgan fingerprint density at radius 2 is 1.97 bits per heavy atom. The lowest BCUT2D eigenvalue weighted by molar-refractivity contribution is -0.136. The van der Waals surface area contributed by atoms with Gasteiger partial charge in [-0.3, -0.25) is 29.4 Å². The van der Waals surface area contributed by atoms with E-state index in [0.717, 1.165) is 36.4 Å². The Morgan fingerprint density at radius 3 is 2.73 bits per heavy atom. The third-order valence-corrected chi connectivity index (χ3v) is 7.28. The molecule has 4 aliphatic rings. The lowest BCUT2D eigenvalue weighted by Crippen LogP contribution is -2.54. The van der Waals surface area contributed by atoms with E-state index in [1.54, 1.807) is 12.1 Å². The van der Waals surface area contributed by atoms with Crippen molar-refractivity contribution >= 4 is 23.6 Å². The quantitative estimate of drug-likeness (QED) is 0.631. The summed E-state index contributed by atoms with van der Waals surface area (Å²) in [5.74, 6) is -1.85. The molecule has 1 aromatic carbocycles. The smallest absolute Gasteiger partial charge is 0.262 e. The molecule has 3 N–H and O–H groups in total. The number of carbonyl (C=O) groups is 4. The minimum absolute atomic E-state index is 0.121. The van der Waals surface area contributed by atoms with Gasteiger partial charge in [-0.05, 0) is 49.3 Å². The summed E-state index contributed by atoms with van der Waals surface area (Å²) >= 11 is 0. The third-order valence-electron chi connectivity index (χ3n) is 7.28. The van der Waals surface area contributed by atoms with Gasteiger partial charge in [-0.25, -0.2) is 0 Å². The molecule has 8 nitrogen and oxygen atoms in total. The number of benzene rings is 1. The molecule has 2 saturated heterocycles. The van der Waals surface area contributed by atoms with E-state index in [2.05, 4.69) is 16.0 Å². The van der Waals surface area contributed by atoms with Gasteiger partial charge in [0, 0.05) is 25.6 Å². The molecule has 1 aromatic rings. The average molecular weight is 410 g/mol. The molecule has 5 rings (SSSR count). The molecule has 3 aliphatic heterocycles. The zero-order valence-electron chi connectivity index (χ0n) is 16.8.